The molecule has 108 valence electrons. The van der Waals surface area contributed by atoms with Gasteiger partial charge in [0.05, 0.1) is 13.2 Å². The normalized spacial score (nSPS) is 11.9. The van der Waals surface area contributed by atoms with Gasteiger partial charge in [0, 0.05) is 13.0 Å². The number of carbonyl (C=O) groups is 1. The van der Waals surface area contributed by atoms with E-state index in [0.29, 0.717) is 13.0 Å². The maximum Gasteiger partial charge on any atom is 0.220 e. The minimum Gasteiger partial charge on any atom is -0.395 e. The van der Waals surface area contributed by atoms with Crippen LogP contribution in [0.25, 0.3) is 0 Å². The minimum absolute atomic E-state index is 0.00184. The van der Waals surface area contributed by atoms with Crippen molar-refractivity contribution in [2.24, 2.45) is 0 Å². The molecule has 0 fully saturated rings. The Bertz CT molecular complexity index is 296. The standard InChI is InChI=1S/C15H25NO3/c17-13-10-8-6-4-2-1-3-5-7-9-11-15(19)16-12-14-18/h2-5,8,10,17-18H,1,6-7,9,11-14H2,(H,16,19)/b4-2-,5-3-,10-8-. The van der Waals surface area contributed by atoms with Crippen LogP contribution in [0.5, 0.6) is 0 Å². The molecule has 0 saturated carbocycles. The first-order valence-corrected chi connectivity index (χ1v) is 6.74. The predicted octanol–water partition coefficient (Wildman–Crippen LogP) is 1.71. The Morgan fingerprint density at radius 1 is 0.947 bits per heavy atom. The van der Waals surface area contributed by atoms with E-state index in [2.05, 4.69) is 29.6 Å². The van der Waals surface area contributed by atoms with Crippen molar-refractivity contribution in [3.63, 3.8) is 0 Å². The fourth-order valence-corrected chi connectivity index (χ4v) is 1.40. The molecule has 0 aromatic heterocycles. The van der Waals surface area contributed by atoms with E-state index >= 15 is 0 Å². The van der Waals surface area contributed by atoms with Gasteiger partial charge in [-0.1, -0.05) is 36.5 Å². The maximum absolute atomic E-state index is 11.2. The first kappa shape index (κ1) is 17.6. The van der Waals surface area contributed by atoms with Crippen LogP contribution in [0.15, 0.2) is 36.5 Å². The molecular formula is C15H25NO3. The molecule has 0 spiro atoms. The molecule has 4 nitrogen and oxygen atoms in total. The van der Waals surface area contributed by atoms with Gasteiger partial charge in [-0.3, -0.25) is 4.79 Å². The number of nitrogens with one attached hydrogen (secondary N) is 1. The van der Waals surface area contributed by atoms with Gasteiger partial charge in [-0.05, 0) is 25.7 Å². The summed E-state index contributed by atoms with van der Waals surface area (Å²) in [6.45, 7) is 0.426. The zero-order valence-electron chi connectivity index (χ0n) is 11.4. The molecule has 0 aromatic rings. The molecule has 19 heavy (non-hydrogen) atoms. The van der Waals surface area contributed by atoms with Crippen molar-refractivity contribution < 1.29 is 15.0 Å². The molecule has 0 atom stereocenters. The van der Waals surface area contributed by atoms with E-state index < -0.39 is 0 Å². The molecular weight excluding hydrogens is 242 g/mol. The van der Waals surface area contributed by atoms with Crippen LogP contribution < -0.4 is 5.32 Å². The van der Waals surface area contributed by atoms with E-state index in [1.807, 2.05) is 6.08 Å². The molecule has 0 rings (SSSR count). The van der Waals surface area contributed by atoms with Gasteiger partial charge in [0.25, 0.3) is 0 Å². The second-order valence-corrected chi connectivity index (χ2v) is 4.03. The van der Waals surface area contributed by atoms with Crippen LogP contribution in [0, 0.1) is 0 Å². The monoisotopic (exact) mass is 267 g/mol. The van der Waals surface area contributed by atoms with Crippen LogP contribution in [-0.2, 0) is 4.79 Å². The topological polar surface area (TPSA) is 69.6 Å². The molecule has 0 aliphatic carbocycles. The predicted molar refractivity (Wildman–Crippen MR) is 77.7 cm³/mol. The number of allylic oxidation sites excluding steroid dienone is 5. The van der Waals surface area contributed by atoms with Gasteiger partial charge in [0.2, 0.25) is 5.91 Å². The summed E-state index contributed by atoms with van der Waals surface area (Å²) in [5, 5.41) is 19.7. The van der Waals surface area contributed by atoms with Crippen LogP contribution in [-0.4, -0.2) is 35.9 Å². The second-order valence-electron chi connectivity index (χ2n) is 4.03. The highest BCUT2D eigenvalue weighted by molar-refractivity contribution is 5.75. The third kappa shape index (κ3) is 14.6. The number of unbranched alkanes of at least 4 members (excludes halogenated alkanes) is 1. The highest BCUT2D eigenvalue weighted by atomic mass is 16.3. The molecule has 4 heteroatoms. The van der Waals surface area contributed by atoms with Gasteiger partial charge in [-0.15, -0.1) is 0 Å². The first-order chi connectivity index (χ1) is 9.31. The molecule has 3 N–H and O–H groups in total. The number of amides is 1. The first-order valence-electron chi connectivity index (χ1n) is 6.74. The summed E-state index contributed by atoms with van der Waals surface area (Å²) in [6, 6.07) is 0. The van der Waals surface area contributed by atoms with Gasteiger partial charge >= 0.3 is 0 Å². The largest absolute Gasteiger partial charge is 0.395 e. The summed E-state index contributed by atoms with van der Waals surface area (Å²) in [6.07, 6.45) is 15.9. The molecule has 0 radical (unpaired) electrons. The minimum atomic E-state index is -0.00846. The van der Waals surface area contributed by atoms with Gasteiger partial charge in [0.1, 0.15) is 0 Å². The Morgan fingerprint density at radius 3 is 2.21 bits per heavy atom. The number of aliphatic hydroxyl groups is 2. The van der Waals surface area contributed by atoms with Crippen LogP contribution in [0.3, 0.4) is 0 Å². The number of carbonyl (C=O) groups excluding carboxylic acids is 1. The van der Waals surface area contributed by atoms with Gasteiger partial charge in [-0.25, -0.2) is 0 Å². The lowest BCUT2D eigenvalue weighted by atomic mass is 10.2. The molecule has 0 aliphatic heterocycles. The van der Waals surface area contributed by atoms with Crippen molar-refractivity contribution in [3.8, 4) is 0 Å². The molecule has 0 aliphatic rings. The average molecular weight is 267 g/mol. The summed E-state index contributed by atoms with van der Waals surface area (Å²) in [5.74, 6) is -0.00184. The quantitative estimate of drug-likeness (QED) is 0.394. The Hall–Kier alpha value is -1.39. The molecule has 0 bridgehead atoms. The molecule has 0 saturated heterocycles. The molecule has 0 unspecified atom stereocenters. The van der Waals surface area contributed by atoms with Crippen molar-refractivity contribution >= 4 is 5.91 Å². The molecule has 1 amide bonds. The van der Waals surface area contributed by atoms with E-state index in [1.54, 1.807) is 6.08 Å². The van der Waals surface area contributed by atoms with E-state index in [1.165, 1.54) is 0 Å². The van der Waals surface area contributed by atoms with Crippen LogP contribution >= 0.6 is 0 Å². The van der Waals surface area contributed by atoms with E-state index in [9.17, 15) is 4.79 Å². The third-order valence-electron chi connectivity index (χ3n) is 2.36. The summed E-state index contributed by atoms with van der Waals surface area (Å²) < 4.78 is 0. The number of aliphatic hydroxyl groups excluding tert-OH is 2. The van der Waals surface area contributed by atoms with Crippen LogP contribution in [0.4, 0.5) is 0 Å². The fourth-order valence-electron chi connectivity index (χ4n) is 1.40. The van der Waals surface area contributed by atoms with Crippen molar-refractivity contribution in [3.05, 3.63) is 36.5 Å². The SMILES string of the molecule is O=C(CCC/C=C\C/C=C\C/C=C\CO)NCCO. The highest BCUT2D eigenvalue weighted by Gasteiger charge is 1.97. The van der Waals surface area contributed by atoms with Gasteiger partial charge in [-0.2, -0.15) is 0 Å². The smallest absolute Gasteiger partial charge is 0.220 e. The lowest BCUT2D eigenvalue weighted by Gasteiger charge is -2.00. The van der Waals surface area contributed by atoms with Crippen molar-refractivity contribution in [2.45, 2.75) is 32.1 Å². The van der Waals surface area contributed by atoms with Crippen LogP contribution in [0.1, 0.15) is 32.1 Å². The van der Waals surface area contributed by atoms with Crippen molar-refractivity contribution in [1.82, 2.24) is 5.32 Å². The molecule has 0 heterocycles. The number of hydrogen-bond acceptors (Lipinski definition) is 3. The third-order valence-corrected chi connectivity index (χ3v) is 2.36. The average Bonchev–Trinajstić information content (AvgIpc) is 2.42. The van der Waals surface area contributed by atoms with Gasteiger partial charge in [0.15, 0.2) is 0 Å². The summed E-state index contributed by atoms with van der Waals surface area (Å²) in [7, 11) is 0. The Balaban J connectivity index is 3.39. The highest BCUT2D eigenvalue weighted by Crippen LogP contribution is 1.98. The second kappa shape index (κ2) is 14.7. The number of hydrogen-bond donors (Lipinski definition) is 3. The zero-order chi connectivity index (χ0) is 14.2. The summed E-state index contributed by atoms with van der Waals surface area (Å²) >= 11 is 0. The lowest BCUT2D eigenvalue weighted by Crippen LogP contribution is -2.25. The Morgan fingerprint density at radius 2 is 1.58 bits per heavy atom. The fraction of sp³-hybridized carbons (Fsp3) is 0.533. The lowest BCUT2D eigenvalue weighted by molar-refractivity contribution is -0.121. The van der Waals surface area contributed by atoms with Crippen LogP contribution in [0.2, 0.25) is 0 Å². The Kier molecular flexibility index (Phi) is 13.6. The van der Waals surface area contributed by atoms with Gasteiger partial charge < -0.3 is 15.5 Å². The zero-order valence-corrected chi connectivity index (χ0v) is 11.4. The van der Waals surface area contributed by atoms with E-state index in [0.717, 1.165) is 25.7 Å². The van der Waals surface area contributed by atoms with Crippen molar-refractivity contribution in [1.29, 1.82) is 0 Å². The Labute approximate surface area is 115 Å². The van der Waals surface area contributed by atoms with E-state index in [4.69, 9.17) is 10.2 Å². The van der Waals surface area contributed by atoms with E-state index in [-0.39, 0.29) is 19.1 Å². The summed E-state index contributed by atoms with van der Waals surface area (Å²) in [4.78, 5) is 11.2. The molecule has 0 aromatic carbocycles. The number of rotatable bonds is 11. The van der Waals surface area contributed by atoms with Crippen molar-refractivity contribution in [2.75, 3.05) is 19.8 Å². The summed E-state index contributed by atoms with van der Waals surface area (Å²) in [5.41, 5.74) is 0. The maximum atomic E-state index is 11.2.